The van der Waals surface area contributed by atoms with Crippen molar-refractivity contribution < 1.29 is 0 Å². The molecule has 1 fully saturated rings. The van der Waals surface area contributed by atoms with Crippen LogP contribution in [0.1, 0.15) is 12.8 Å². The molecule has 0 saturated carbocycles. The van der Waals surface area contributed by atoms with Gasteiger partial charge in [-0.3, -0.25) is 0 Å². The van der Waals surface area contributed by atoms with Gasteiger partial charge in [0.15, 0.2) is 5.65 Å². The van der Waals surface area contributed by atoms with E-state index in [4.69, 9.17) is 22.3 Å². The van der Waals surface area contributed by atoms with Crippen LogP contribution in [0.4, 0.5) is 5.82 Å². The minimum atomic E-state index is 0.612. The van der Waals surface area contributed by atoms with Crippen molar-refractivity contribution in [2.45, 2.75) is 12.8 Å². The number of rotatable bonds is 3. The second-order valence-electron chi connectivity index (χ2n) is 6.37. The largest absolute Gasteiger partial charge is 0.356 e. The third-order valence-electron chi connectivity index (χ3n) is 4.83. The molecule has 0 radical (unpaired) electrons. The Bertz CT molecular complexity index is 902. The maximum atomic E-state index is 6.40. The molecule has 0 atom stereocenters. The van der Waals surface area contributed by atoms with Gasteiger partial charge in [0.2, 0.25) is 0 Å². The average Bonchev–Trinajstić information content (AvgIpc) is 3.02. The number of nitrogens with zero attached hydrogens (tertiary/aromatic N) is 4. The highest BCUT2D eigenvalue weighted by atomic mass is 79.9. The topological polar surface area (TPSA) is 59.5 Å². The summed E-state index contributed by atoms with van der Waals surface area (Å²) in [5.74, 6) is 1.65. The lowest BCUT2D eigenvalue weighted by Crippen LogP contribution is -2.37. The van der Waals surface area contributed by atoms with Crippen LogP contribution in [-0.2, 0) is 0 Å². The maximum absolute atomic E-state index is 6.40. The summed E-state index contributed by atoms with van der Waals surface area (Å²) in [6.45, 7) is 2.71. The highest BCUT2D eigenvalue weighted by Crippen LogP contribution is 2.32. The van der Waals surface area contributed by atoms with Crippen molar-refractivity contribution in [3.8, 4) is 11.3 Å². The van der Waals surface area contributed by atoms with Crippen molar-refractivity contribution in [3.63, 3.8) is 0 Å². The fraction of sp³-hybridized carbons (Fsp3) is 0.333. The molecule has 1 aliphatic heterocycles. The zero-order valence-electron chi connectivity index (χ0n) is 13.7. The van der Waals surface area contributed by atoms with Crippen molar-refractivity contribution in [2.24, 2.45) is 11.7 Å². The molecule has 0 aliphatic carbocycles. The smallest absolute Gasteiger partial charge is 0.172 e. The zero-order valence-corrected chi connectivity index (χ0v) is 16.0. The number of fused-ring (bicyclic) bond motifs is 1. The van der Waals surface area contributed by atoms with E-state index in [-0.39, 0.29) is 0 Å². The van der Waals surface area contributed by atoms with Gasteiger partial charge >= 0.3 is 0 Å². The molecule has 7 heteroatoms. The number of anilines is 1. The van der Waals surface area contributed by atoms with Crippen molar-refractivity contribution in [1.82, 2.24) is 14.6 Å². The van der Waals surface area contributed by atoms with Crippen molar-refractivity contribution in [2.75, 3.05) is 24.5 Å². The number of piperidine rings is 1. The molecule has 1 saturated heterocycles. The Kier molecular flexibility index (Phi) is 4.67. The van der Waals surface area contributed by atoms with Gasteiger partial charge in [-0.15, -0.1) is 0 Å². The first-order chi connectivity index (χ1) is 12.2. The lowest BCUT2D eigenvalue weighted by atomic mass is 9.97. The summed E-state index contributed by atoms with van der Waals surface area (Å²) in [4.78, 5) is 7.14. The van der Waals surface area contributed by atoms with E-state index in [9.17, 15) is 0 Å². The maximum Gasteiger partial charge on any atom is 0.172 e. The van der Waals surface area contributed by atoms with Gasteiger partial charge in [-0.05, 0) is 47.3 Å². The molecule has 4 rings (SSSR count). The molecule has 3 heterocycles. The minimum absolute atomic E-state index is 0.612. The van der Waals surface area contributed by atoms with E-state index in [2.05, 4.69) is 32.0 Å². The second-order valence-corrected chi connectivity index (χ2v) is 7.64. The summed E-state index contributed by atoms with van der Waals surface area (Å²) in [6.07, 6.45) is 3.99. The van der Waals surface area contributed by atoms with Gasteiger partial charge in [-0.2, -0.15) is 9.61 Å². The van der Waals surface area contributed by atoms with E-state index in [1.54, 1.807) is 6.20 Å². The van der Waals surface area contributed by atoms with Gasteiger partial charge < -0.3 is 10.6 Å². The first-order valence-corrected chi connectivity index (χ1v) is 9.58. The van der Waals surface area contributed by atoms with Gasteiger partial charge in [0, 0.05) is 29.7 Å². The molecule has 2 N–H and O–H groups in total. The predicted octanol–water partition coefficient (Wildman–Crippen LogP) is 3.99. The molecule has 0 bridgehead atoms. The monoisotopic (exact) mass is 419 g/mol. The number of nitrogens with two attached hydrogens (primary N) is 1. The summed E-state index contributed by atoms with van der Waals surface area (Å²) in [7, 11) is 0. The highest BCUT2D eigenvalue weighted by Gasteiger charge is 2.22. The summed E-state index contributed by atoms with van der Waals surface area (Å²) >= 11 is 9.96. The summed E-state index contributed by atoms with van der Waals surface area (Å²) in [5.41, 5.74) is 8.42. The van der Waals surface area contributed by atoms with E-state index < -0.39 is 0 Å². The third-order valence-corrected chi connectivity index (χ3v) is 5.72. The standard InChI is InChI=1S/C18H19BrClN5/c19-14-11-22-25-17(24-7-5-12(10-21)6-8-24)9-16(23-18(14)25)13-3-1-2-4-15(13)20/h1-4,9,11-12H,5-8,10,21H2. The molecular formula is C18H19BrClN5. The molecular weight excluding hydrogens is 402 g/mol. The minimum Gasteiger partial charge on any atom is -0.356 e. The van der Waals surface area contributed by atoms with E-state index in [1.807, 2.05) is 28.8 Å². The molecule has 1 aliphatic rings. The van der Waals surface area contributed by atoms with Crippen LogP contribution in [0.2, 0.25) is 5.02 Å². The van der Waals surface area contributed by atoms with E-state index in [0.717, 1.165) is 59.7 Å². The third kappa shape index (κ3) is 3.14. The molecule has 2 aromatic heterocycles. The summed E-state index contributed by atoms with van der Waals surface area (Å²) < 4.78 is 2.77. The van der Waals surface area contributed by atoms with E-state index in [1.165, 1.54) is 0 Å². The van der Waals surface area contributed by atoms with Crippen molar-refractivity contribution in [3.05, 3.63) is 46.0 Å². The Morgan fingerprint density at radius 1 is 1.24 bits per heavy atom. The predicted molar refractivity (Wildman–Crippen MR) is 105 cm³/mol. The van der Waals surface area contributed by atoms with Gasteiger partial charge in [-0.1, -0.05) is 29.8 Å². The van der Waals surface area contributed by atoms with Crippen LogP contribution in [0.3, 0.4) is 0 Å². The number of halogens is 2. The normalized spacial score (nSPS) is 15.9. The van der Waals surface area contributed by atoms with Crippen LogP contribution in [0.5, 0.6) is 0 Å². The fourth-order valence-corrected chi connectivity index (χ4v) is 3.93. The molecule has 25 heavy (non-hydrogen) atoms. The van der Waals surface area contributed by atoms with Crippen LogP contribution >= 0.6 is 27.5 Å². The highest BCUT2D eigenvalue weighted by molar-refractivity contribution is 9.10. The molecule has 1 aromatic carbocycles. The quantitative estimate of drug-likeness (QED) is 0.696. The van der Waals surface area contributed by atoms with E-state index >= 15 is 0 Å². The van der Waals surface area contributed by atoms with Crippen LogP contribution < -0.4 is 10.6 Å². The molecule has 3 aromatic rings. The van der Waals surface area contributed by atoms with Crippen LogP contribution in [-0.4, -0.2) is 34.2 Å². The Morgan fingerprint density at radius 2 is 2.00 bits per heavy atom. The number of hydrogen-bond acceptors (Lipinski definition) is 4. The Balaban J connectivity index is 1.82. The molecule has 130 valence electrons. The summed E-state index contributed by atoms with van der Waals surface area (Å²) in [5, 5.41) is 5.19. The van der Waals surface area contributed by atoms with Gasteiger partial charge in [0.1, 0.15) is 5.82 Å². The first-order valence-electron chi connectivity index (χ1n) is 8.41. The second kappa shape index (κ2) is 6.94. The van der Waals surface area contributed by atoms with Gasteiger partial charge in [-0.25, -0.2) is 4.98 Å². The molecule has 0 unspecified atom stereocenters. The van der Waals surface area contributed by atoms with E-state index in [0.29, 0.717) is 10.9 Å². The number of hydrogen-bond donors (Lipinski definition) is 1. The molecule has 0 spiro atoms. The number of benzene rings is 1. The van der Waals surface area contributed by atoms with Gasteiger partial charge in [0.25, 0.3) is 0 Å². The molecule has 0 amide bonds. The fourth-order valence-electron chi connectivity index (χ4n) is 3.35. The zero-order chi connectivity index (χ0) is 17.4. The molecule has 5 nitrogen and oxygen atoms in total. The van der Waals surface area contributed by atoms with Crippen LogP contribution in [0.15, 0.2) is 41.0 Å². The van der Waals surface area contributed by atoms with Crippen LogP contribution in [0.25, 0.3) is 16.9 Å². The average molecular weight is 421 g/mol. The van der Waals surface area contributed by atoms with Crippen molar-refractivity contribution >= 4 is 39.0 Å². The Labute approximate surface area is 159 Å². The SMILES string of the molecule is NCC1CCN(c2cc(-c3ccccc3Cl)nc3c(Br)cnn23)CC1. The Morgan fingerprint density at radius 3 is 2.72 bits per heavy atom. The number of aromatic nitrogens is 3. The lowest BCUT2D eigenvalue weighted by molar-refractivity contribution is 0.412. The first kappa shape index (κ1) is 16.8. The van der Waals surface area contributed by atoms with Crippen LogP contribution in [0, 0.1) is 5.92 Å². The lowest BCUT2D eigenvalue weighted by Gasteiger charge is -2.33. The van der Waals surface area contributed by atoms with Gasteiger partial charge in [0.05, 0.1) is 16.4 Å². The van der Waals surface area contributed by atoms with Crippen molar-refractivity contribution in [1.29, 1.82) is 0 Å². The summed E-state index contributed by atoms with van der Waals surface area (Å²) in [6, 6.07) is 9.87. The Hall–Kier alpha value is -1.63.